The van der Waals surface area contributed by atoms with Crippen molar-refractivity contribution in [1.29, 1.82) is 0 Å². The Morgan fingerprint density at radius 2 is 1.57 bits per heavy atom. The maximum absolute atomic E-state index is 8.67. The summed E-state index contributed by atoms with van der Waals surface area (Å²) in [5.74, 6) is 2.29. The third-order valence-corrected chi connectivity index (χ3v) is 11.7. The predicted molar refractivity (Wildman–Crippen MR) is 214 cm³/mol. The minimum atomic E-state index is -2.39. The molecule has 268 valence electrons. The summed E-state index contributed by atoms with van der Waals surface area (Å²) in [5.41, 5.74) is 9.39. The molecule has 1 unspecified atom stereocenters. The van der Waals surface area contributed by atoms with Crippen molar-refractivity contribution in [3.8, 4) is 34.1 Å². The van der Waals surface area contributed by atoms with Gasteiger partial charge in [-0.3, -0.25) is 0 Å². The van der Waals surface area contributed by atoms with Crippen LogP contribution < -0.4 is 4.74 Å². The van der Waals surface area contributed by atoms with Gasteiger partial charge in [0.25, 0.3) is 0 Å². The molecule has 1 atom stereocenters. The van der Waals surface area contributed by atoms with Crippen molar-refractivity contribution in [2.24, 2.45) is 12.9 Å². The second-order valence-electron chi connectivity index (χ2n) is 15.4. The molecule has 3 heterocycles. The first-order chi connectivity index (χ1) is 28.0. The summed E-state index contributed by atoms with van der Waals surface area (Å²) in [7, 11) is 0. The number of benzene rings is 5. The Labute approximate surface area is 330 Å². The van der Waals surface area contributed by atoms with Crippen LogP contribution in [0, 0.1) is 16.6 Å². The first-order valence-electron chi connectivity index (χ1n) is 21.1. The summed E-state index contributed by atoms with van der Waals surface area (Å²) >= 11 is 2.07. The van der Waals surface area contributed by atoms with E-state index >= 15 is 0 Å². The molecule has 1 aliphatic rings. The van der Waals surface area contributed by atoms with E-state index in [9.17, 15) is 0 Å². The number of imidazole rings is 1. The van der Waals surface area contributed by atoms with Gasteiger partial charge in [0, 0.05) is 15.9 Å². The fourth-order valence-electron chi connectivity index (χ4n) is 7.88. The van der Waals surface area contributed by atoms with Gasteiger partial charge in [0.1, 0.15) is 0 Å². The van der Waals surface area contributed by atoms with E-state index in [0.29, 0.717) is 38.1 Å². The van der Waals surface area contributed by atoms with Gasteiger partial charge in [0.15, 0.2) is 0 Å². The van der Waals surface area contributed by atoms with Crippen LogP contribution in [0.25, 0.3) is 55.5 Å². The molecule has 0 saturated heterocycles. The zero-order chi connectivity index (χ0) is 41.6. The van der Waals surface area contributed by atoms with Crippen molar-refractivity contribution in [2.75, 3.05) is 0 Å². The molecular weight excluding hydrogens is 832 g/mol. The van der Waals surface area contributed by atoms with E-state index in [1.807, 2.05) is 77.4 Å². The molecule has 5 nitrogen and oxygen atoms in total. The molecule has 0 N–H and O–H groups in total. The Kier molecular flexibility index (Phi) is 6.69. The van der Waals surface area contributed by atoms with E-state index in [1.165, 1.54) is 21.3 Å². The van der Waals surface area contributed by atoms with Gasteiger partial charge in [-0.05, 0) is 65.3 Å². The summed E-state index contributed by atoms with van der Waals surface area (Å²) in [6, 6.07) is 35.6. The van der Waals surface area contributed by atoms with E-state index in [0.717, 1.165) is 57.8 Å². The number of ether oxygens (including phenoxy) is 1. The van der Waals surface area contributed by atoms with Crippen molar-refractivity contribution in [2.45, 2.75) is 59.2 Å². The fraction of sp³-hybridized carbons (Fsp3) is 0.234. The third kappa shape index (κ3) is 5.90. The van der Waals surface area contributed by atoms with Gasteiger partial charge in [0.05, 0.1) is 0 Å². The van der Waals surface area contributed by atoms with E-state index in [4.69, 9.17) is 17.9 Å². The SMILES string of the molecule is [2H]C([2H])([2H])c1cc(-n2c3cc(Oc4cccc(-n5[c](=[Pt])n(C([2H])([2H])[2H])c6ccccc65)c4)ccc3c3cc4c(cc32)CCC(C)C4)ncc1-c1ccc(C(C)(C)C)cc1. The Bertz CT molecular complexity index is 3000. The molecule has 0 fully saturated rings. The van der Waals surface area contributed by atoms with Gasteiger partial charge in [-0.15, -0.1) is 0 Å². The first kappa shape index (κ1) is 27.6. The molecule has 0 amide bonds. The number of para-hydroxylation sites is 2. The van der Waals surface area contributed by atoms with Crippen molar-refractivity contribution in [3.63, 3.8) is 0 Å². The smallest absolute Gasteiger partial charge is 0.0622 e. The van der Waals surface area contributed by atoms with Crippen LogP contribution >= 0.6 is 0 Å². The number of rotatable bonds is 5. The summed E-state index contributed by atoms with van der Waals surface area (Å²) in [6.45, 7) is 4.03. The average Bonchev–Trinajstić information content (AvgIpc) is 3.66. The second kappa shape index (κ2) is 12.8. The number of fused-ring (bicyclic) bond motifs is 5. The van der Waals surface area contributed by atoms with E-state index in [-0.39, 0.29) is 11.0 Å². The van der Waals surface area contributed by atoms with E-state index < -0.39 is 13.8 Å². The Balaban J connectivity index is 1.18. The first-order valence-corrected chi connectivity index (χ1v) is 19.3. The molecule has 6 heteroatoms. The molecule has 0 aliphatic heterocycles. The van der Waals surface area contributed by atoms with Crippen LogP contribution in [-0.2, 0) is 44.6 Å². The molecular formula is C47H44N4OPt. The summed E-state index contributed by atoms with van der Waals surface area (Å²) < 4.78 is 63.3. The second-order valence-corrected chi connectivity index (χ2v) is 16.4. The van der Waals surface area contributed by atoms with Crippen LogP contribution in [0.4, 0.5) is 0 Å². The topological polar surface area (TPSA) is 36.9 Å². The molecule has 8 aromatic rings. The minimum absolute atomic E-state index is 0.0343. The van der Waals surface area contributed by atoms with Crippen molar-refractivity contribution < 1.29 is 32.3 Å². The normalized spacial score (nSPS) is 16.8. The predicted octanol–water partition coefficient (Wildman–Crippen LogP) is 11.7. The number of nitrogens with zero attached hydrogens (tertiary/aromatic N) is 4. The van der Waals surface area contributed by atoms with Gasteiger partial charge in [-0.25, -0.2) is 0 Å². The summed E-state index contributed by atoms with van der Waals surface area (Å²) in [6.07, 6.45) is 4.82. The number of aromatic nitrogens is 4. The molecule has 53 heavy (non-hydrogen) atoms. The molecule has 0 spiro atoms. The monoisotopic (exact) mass is 881 g/mol. The van der Waals surface area contributed by atoms with Crippen molar-refractivity contribution >= 4 is 32.8 Å². The molecule has 0 saturated carbocycles. The maximum atomic E-state index is 8.67. The zero-order valence-corrected chi connectivity index (χ0v) is 32.5. The Morgan fingerprint density at radius 3 is 2.36 bits per heavy atom. The average molecular weight is 882 g/mol. The van der Waals surface area contributed by atoms with Crippen LogP contribution in [0.3, 0.4) is 0 Å². The quantitative estimate of drug-likeness (QED) is 0.173. The number of pyridine rings is 1. The molecule has 0 bridgehead atoms. The molecule has 3 aromatic heterocycles. The van der Waals surface area contributed by atoms with Crippen LogP contribution in [-0.4, -0.2) is 18.7 Å². The van der Waals surface area contributed by atoms with Gasteiger partial charge >= 0.3 is 198 Å². The van der Waals surface area contributed by atoms with Crippen LogP contribution in [0.1, 0.15) is 64.6 Å². The Hall–Kier alpha value is -4.99. The van der Waals surface area contributed by atoms with E-state index in [2.05, 4.69) is 81.9 Å². The molecule has 1 aliphatic carbocycles. The van der Waals surface area contributed by atoms with Crippen molar-refractivity contribution in [1.82, 2.24) is 18.7 Å². The summed E-state index contributed by atoms with van der Waals surface area (Å²) in [4.78, 5) is 5.01. The van der Waals surface area contributed by atoms with Crippen LogP contribution in [0.15, 0.2) is 115 Å². The minimum Gasteiger partial charge on any atom is -0.0622 e. The van der Waals surface area contributed by atoms with Gasteiger partial charge in [0.2, 0.25) is 0 Å². The standard InChI is InChI=1S/C47H44N4O.Pt/c1-30-14-15-33-25-44-40(24-34(33)22-30)39-21-20-38(52-37-11-9-10-36(26-37)50-29-49(6)42-12-7-8-13-43(42)50)27-45(39)51(44)46-23-31(2)41(28-48-46)32-16-18-35(19-17-32)47(3,4)5;/h7-13,16-21,23-28,30H,14-15,22H2,1-6H3;/i2D3,6D3;. The fourth-order valence-corrected chi connectivity index (χ4v) is 8.72. The third-order valence-electron chi connectivity index (χ3n) is 10.7. The van der Waals surface area contributed by atoms with Crippen molar-refractivity contribution in [3.05, 3.63) is 141 Å². The number of hydrogen-bond donors (Lipinski definition) is 0. The van der Waals surface area contributed by atoms with Crippen LogP contribution in [0.2, 0.25) is 0 Å². The molecule has 9 rings (SSSR count). The number of aryl methyl sites for hydroxylation is 3. The van der Waals surface area contributed by atoms with Crippen LogP contribution in [0.5, 0.6) is 11.5 Å². The Morgan fingerprint density at radius 1 is 0.774 bits per heavy atom. The number of hydrogen-bond acceptors (Lipinski definition) is 2. The van der Waals surface area contributed by atoms with Gasteiger partial charge in [-0.2, -0.15) is 0 Å². The molecule has 0 radical (unpaired) electrons. The zero-order valence-electron chi connectivity index (χ0n) is 36.2. The van der Waals surface area contributed by atoms with Gasteiger partial charge < -0.3 is 0 Å². The van der Waals surface area contributed by atoms with E-state index in [1.54, 1.807) is 12.3 Å². The van der Waals surface area contributed by atoms with Gasteiger partial charge in [-0.1, -0.05) is 52.0 Å². The molecule has 5 aromatic carbocycles. The summed E-state index contributed by atoms with van der Waals surface area (Å²) in [5, 5.41) is 2.10.